The van der Waals surface area contributed by atoms with E-state index in [9.17, 15) is 4.79 Å². The highest BCUT2D eigenvalue weighted by Crippen LogP contribution is 2.32. The molecule has 2 aromatic rings. The molecule has 1 amide bonds. The summed E-state index contributed by atoms with van der Waals surface area (Å²) in [4.78, 5) is 17.8. The number of hydrogen-bond acceptors (Lipinski definition) is 2. The highest BCUT2D eigenvalue weighted by atomic mass is 16.2. The van der Waals surface area contributed by atoms with Crippen LogP contribution in [0.1, 0.15) is 12.5 Å². The molecular formula is C15H14N2O. The number of fused-ring (bicyclic) bond motifs is 1. The molecule has 0 aliphatic carbocycles. The lowest BCUT2D eigenvalue weighted by Crippen LogP contribution is -2.25. The first-order valence-corrected chi connectivity index (χ1v) is 6.13. The van der Waals surface area contributed by atoms with E-state index in [1.807, 2.05) is 36.2 Å². The molecule has 0 saturated carbocycles. The average molecular weight is 238 g/mol. The molecule has 0 saturated heterocycles. The van der Waals surface area contributed by atoms with E-state index in [4.69, 9.17) is 0 Å². The van der Waals surface area contributed by atoms with Crippen molar-refractivity contribution in [3.05, 3.63) is 48.3 Å². The van der Waals surface area contributed by atoms with Gasteiger partial charge < -0.3 is 4.90 Å². The first-order valence-electron chi connectivity index (χ1n) is 6.13. The summed E-state index contributed by atoms with van der Waals surface area (Å²) >= 11 is 0. The zero-order valence-corrected chi connectivity index (χ0v) is 10.3. The molecule has 0 N–H and O–H groups in total. The number of carbonyl (C=O) groups excluding carboxylic acids is 1. The summed E-state index contributed by atoms with van der Waals surface area (Å²) in [7, 11) is 0. The van der Waals surface area contributed by atoms with Crippen LogP contribution in [-0.4, -0.2) is 17.4 Å². The Bertz CT molecular complexity index is 593. The smallest absolute Gasteiger partial charge is 0.231 e. The summed E-state index contributed by atoms with van der Waals surface area (Å²) in [5.74, 6) is 0.191. The summed E-state index contributed by atoms with van der Waals surface area (Å²) in [6.07, 6.45) is 4.12. The fraction of sp³-hybridized carbons (Fsp3) is 0.200. The molecule has 1 aromatic heterocycles. The molecular weight excluding hydrogens is 224 g/mol. The molecule has 18 heavy (non-hydrogen) atoms. The minimum atomic E-state index is 0.191. The topological polar surface area (TPSA) is 33.2 Å². The average Bonchev–Trinajstić information content (AvgIpc) is 2.74. The van der Waals surface area contributed by atoms with Crippen LogP contribution >= 0.6 is 0 Å². The van der Waals surface area contributed by atoms with Gasteiger partial charge in [-0.05, 0) is 41.8 Å². The van der Waals surface area contributed by atoms with E-state index in [1.165, 1.54) is 0 Å². The van der Waals surface area contributed by atoms with Crippen LogP contribution in [0.4, 0.5) is 5.69 Å². The third-order valence-electron chi connectivity index (χ3n) is 3.32. The Morgan fingerprint density at radius 3 is 2.89 bits per heavy atom. The number of likely N-dealkylation sites (N-methyl/N-ethyl adjacent to an activating group) is 1. The van der Waals surface area contributed by atoms with Crippen LogP contribution in [0, 0.1) is 0 Å². The van der Waals surface area contributed by atoms with Gasteiger partial charge in [0, 0.05) is 24.6 Å². The van der Waals surface area contributed by atoms with Gasteiger partial charge in [-0.25, -0.2) is 0 Å². The van der Waals surface area contributed by atoms with Crippen LogP contribution < -0.4 is 4.90 Å². The second-order valence-electron chi connectivity index (χ2n) is 4.40. The molecule has 0 fully saturated rings. The van der Waals surface area contributed by atoms with E-state index in [2.05, 4.69) is 17.1 Å². The van der Waals surface area contributed by atoms with E-state index < -0.39 is 0 Å². The molecule has 0 spiro atoms. The lowest BCUT2D eigenvalue weighted by atomic mass is 10.0. The molecule has 3 rings (SSSR count). The van der Waals surface area contributed by atoms with Gasteiger partial charge in [0.05, 0.1) is 6.42 Å². The predicted octanol–water partition coefficient (Wildman–Crippen LogP) is 2.66. The largest absolute Gasteiger partial charge is 0.312 e. The van der Waals surface area contributed by atoms with Crippen molar-refractivity contribution in [2.45, 2.75) is 13.3 Å². The zero-order chi connectivity index (χ0) is 12.5. The Morgan fingerprint density at radius 2 is 2.17 bits per heavy atom. The van der Waals surface area contributed by atoms with Crippen LogP contribution in [0.2, 0.25) is 0 Å². The van der Waals surface area contributed by atoms with Gasteiger partial charge in [0.25, 0.3) is 0 Å². The van der Waals surface area contributed by atoms with E-state index in [-0.39, 0.29) is 5.91 Å². The Hall–Kier alpha value is -2.16. The lowest BCUT2D eigenvalue weighted by Gasteiger charge is -2.14. The number of hydrogen-bond donors (Lipinski definition) is 0. The zero-order valence-electron chi connectivity index (χ0n) is 10.3. The summed E-state index contributed by atoms with van der Waals surface area (Å²) in [6.45, 7) is 2.74. The highest BCUT2D eigenvalue weighted by Gasteiger charge is 2.25. The van der Waals surface area contributed by atoms with Gasteiger partial charge in [0.2, 0.25) is 5.91 Å². The molecule has 0 radical (unpaired) electrons. The number of amides is 1. The predicted molar refractivity (Wildman–Crippen MR) is 71.4 cm³/mol. The normalized spacial score (nSPS) is 13.8. The minimum absolute atomic E-state index is 0.191. The van der Waals surface area contributed by atoms with Crippen molar-refractivity contribution in [3.8, 4) is 11.1 Å². The molecule has 0 bridgehead atoms. The molecule has 0 unspecified atom stereocenters. The van der Waals surface area contributed by atoms with Crippen LogP contribution in [0.15, 0.2) is 42.7 Å². The summed E-state index contributed by atoms with van der Waals surface area (Å²) in [5.41, 5.74) is 4.37. The van der Waals surface area contributed by atoms with Crippen LogP contribution in [-0.2, 0) is 11.2 Å². The van der Waals surface area contributed by atoms with Crippen molar-refractivity contribution in [2.75, 3.05) is 11.4 Å². The highest BCUT2D eigenvalue weighted by molar-refractivity contribution is 6.01. The molecule has 3 heteroatoms. The number of aromatic nitrogens is 1. The Labute approximate surface area is 106 Å². The van der Waals surface area contributed by atoms with Crippen molar-refractivity contribution < 1.29 is 4.79 Å². The fourth-order valence-corrected chi connectivity index (χ4v) is 2.44. The monoisotopic (exact) mass is 238 g/mol. The second-order valence-corrected chi connectivity index (χ2v) is 4.40. The Kier molecular flexibility index (Phi) is 2.59. The van der Waals surface area contributed by atoms with Gasteiger partial charge in [-0.3, -0.25) is 9.78 Å². The van der Waals surface area contributed by atoms with Crippen molar-refractivity contribution >= 4 is 11.6 Å². The minimum Gasteiger partial charge on any atom is -0.312 e. The third-order valence-corrected chi connectivity index (χ3v) is 3.32. The van der Waals surface area contributed by atoms with Gasteiger partial charge in [-0.1, -0.05) is 12.1 Å². The van der Waals surface area contributed by atoms with Crippen LogP contribution in [0.3, 0.4) is 0 Å². The van der Waals surface area contributed by atoms with Crippen molar-refractivity contribution in [1.82, 2.24) is 4.98 Å². The van der Waals surface area contributed by atoms with Crippen LogP contribution in [0.25, 0.3) is 11.1 Å². The number of nitrogens with zero attached hydrogens (tertiary/aromatic N) is 2. The van der Waals surface area contributed by atoms with E-state index in [1.54, 1.807) is 6.20 Å². The number of rotatable bonds is 2. The summed E-state index contributed by atoms with van der Waals surface area (Å²) in [6, 6.07) is 10.1. The lowest BCUT2D eigenvalue weighted by molar-refractivity contribution is -0.117. The maximum atomic E-state index is 11.8. The molecule has 3 nitrogen and oxygen atoms in total. The van der Waals surface area contributed by atoms with Gasteiger partial charge in [0.1, 0.15) is 0 Å². The molecule has 2 heterocycles. The Morgan fingerprint density at radius 1 is 1.28 bits per heavy atom. The SMILES string of the molecule is CCN1C(=O)Cc2cc(-c3cccnc3)ccc21. The maximum Gasteiger partial charge on any atom is 0.231 e. The van der Waals surface area contributed by atoms with Crippen molar-refractivity contribution in [3.63, 3.8) is 0 Å². The van der Waals surface area contributed by atoms with E-state index in [0.717, 1.165) is 28.9 Å². The van der Waals surface area contributed by atoms with Gasteiger partial charge >= 0.3 is 0 Å². The van der Waals surface area contributed by atoms with Gasteiger partial charge in [-0.15, -0.1) is 0 Å². The number of anilines is 1. The van der Waals surface area contributed by atoms with Crippen molar-refractivity contribution in [2.24, 2.45) is 0 Å². The number of pyridine rings is 1. The summed E-state index contributed by atoms with van der Waals surface area (Å²) in [5, 5.41) is 0. The van der Waals surface area contributed by atoms with Gasteiger partial charge in [-0.2, -0.15) is 0 Å². The first kappa shape index (κ1) is 11.0. The Balaban J connectivity index is 2.04. The number of benzene rings is 1. The van der Waals surface area contributed by atoms with Gasteiger partial charge in [0.15, 0.2) is 0 Å². The van der Waals surface area contributed by atoms with Crippen molar-refractivity contribution in [1.29, 1.82) is 0 Å². The standard InChI is InChI=1S/C15H14N2O/c1-2-17-14-6-5-11(8-13(14)9-15(17)18)12-4-3-7-16-10-12/h3-8,10H,2,9H2,1H3. The second kappa shape index (κ2) is 4.26. The summed E-state index contributed by atoms with van der Waals surface area (Å²) < 4.78 is 0. The van der Waals surface area contributed by atoms with E-state index >= 15 is 0 Å². The molecule has 90 valence electrons. The fourth-order valence-electron chi connectivity index (χ4n) is 2.44. The third kappa shape index (κ3) is 1.68. The molecule has 0 atom stereocenters. The van der Waals surface area contributed by atoms with Crippen LogP contribution in [0.5, 0.6) is 0 Å². The molecule has 1 aromatic carbocycles. The molecule has 1 aliphatic heterocycles. The maximum absolute atomic E-state index is 11.8. The first-order chi connectivity index (χ1) is 8.79. The quantitative estimate of drug-likeness (QED) is 0.805. The number of carbonyl (C=O) groups is 1. The van der Waals surface area contributed by atoms with E-state index in [0.29, 0.717) is 6.42 Å². The molecule has 1 aliphatic rings.